The van der Waals surface area contributed by atoms with E-state index in [1.807, 2.05) is 13.8 Å². The van der Waals surface area contributed by atoms with Crippen LogP contribution in [-0.4, -0.2) is 25.2 Å². The molecule has 0 aliphatic heterocycles. The van der Waals surface area contributed by atoms with Gasteiger partial charge in [0.1, 0.15) is 6.42 Å². The average molecular weight is 286 g/mol. The van der Waals surface area contributed by atoms with Crippen LogP contribution in [0.3, 0.4) is 0 Å². The lowest BCUT2D eigenvalue weighted by molar-refractivity contribution is -0.155. The maximum atomic E-state index is 11.3. The maximum absolute atomic E-state index is 11.3. The minimum absolute atomic E-state index is 0.275. The molecule has 4 heteroatoms. The Morgan fingerprint density at radius 3 is 2.00 bits per heavy atom. The first-order chi connectivity index (χ1) is 9.56. The molecular weight excluding hydrogens is 256 g/mol. The molecule has 0 spiro atoms. The van der Waals surface area contributed by atoms with Gasteiger partial charge in [-0.1, -0.05) is 59.3 Å². The second-order valence-corrected chi connectivity index (χ2v) is 5.60. The van der Waals surface area contributed by atoms with Crippen LogP contribution < -0.4 is 0 Å². The molecule has 0 rings (SSSR count). The van der Waals surface area contributed by atoms with E-state index in [-0.39, 0.29) is 12.3 Å². The number of unbranched alkanes of at least 4 members (excludes halogenated alkanes) is 6. The van der Waals surface area contributed by atoms with E-state index in [4.69, 9.17) is 9.47 Å². The van der Waals surface area contributed by atoms with Crippen LogP contribution in [-0.2, 0) is 19.1 Å². The fraction of sp³-hybridized carbons (Fsp3) is 0.875. The lowest BCUT2D eigenvalue weighted by Crippen LogP contribution is -2.16. The topological polar surface area (TPSA) is 52.6 Å². The van der Waals surface area contributed by atoms with Crippen LogP contribution >= 0.6 is 0 Å². The largest absolute Gasteiger partial charge is 0.465 e. The molecular formula is C16H30O4. The minimum atomic E-state index is -0.497. The van der Waals surface area contributed by atoms with Crippen LogP contribution in [0.5, 0.6) is 0 Å². The van der Waals surface area contributed by atoms with Gasteiger partial charge in [-0.2, -0.15) is 0 Å². The van der Waals surface area contributed by atoms with Crippen LogP contribution in [0.15, 0.2) is 0 Å². The predicted molar refractivity (Wildman–Crippen MR) is 79.4 cm³/mol. The van der Waals surface area contributed by atoms with E-state index in [1.165, 1.54) is 32.1 Å². The van der Waals surface area contributed by atoms with Crippen molar-refractivity contribution >= 4 is 11.9 Å². The Balaban J connectivity index is 3.38. The van der Waals surface area contributed by atoms with Crippen LogP contribution in [0.2, 0.25) is 0 Å². The fourth-order valence-electron chi connectivity index (χ4n) is 1.72. The van der Waals surface area contributed by atoms with Crippen molar-refractivity contribution in [2.45, 2.75) is 72.1 Å². The zero-order chi connectivity index (χ0) is 15.2. The molecule has 4 nitrogen and oxygen atoms in total. The Hall–Kier alpha value is -1.06. The van der Waals surface area contributed by atoms with Gasteiger partial charge in [0.2, 0.25) is 0 Å². The first kappa shape index (κ1) is 18.9. The van der Waals surface area contributed by atoms with Crippen molar-refractivity contribution in [1.82, 2.24) is 0 Å². The molecule has 0 saturated heterocycles. The van der Waals surface area contributed by atoms with E-state index in [0.29, 0.717) is 13.2 Å². The monoisotopic (exact) mass is 286 g/mol. The average Bonchev–Trinajstić information content (AvgIpc) is 2.39. The van der Waals surface area contributed by atoms with Gasteiger partial charge in [-0.3, -0.25) is 9.59 Å². The highest BCUT2D eigenvalue weighted by Gasteiger charge is 2.12. The third-order valence-electron chi connectivity index (χ3n) is 2.88. The van der Waals surface area contributed by atoms with E-state index >= 15 is 0 Å². The van der Waals surface area contributed by atoms with Gasteiger partial charge in [-0.05, 0) is 12.3 Å². The van der Waals surface area contributed by atoms with Crippen molar-refractivity contribution in [3.8, 4) is 0 Å². The van der Waals surface area contributed by atoms with E-state index in [0.717, 1.165) is 12.8 Å². The van der Waals surface area contributed by atoms with Crippen LogP contribution in [0.1, 0.15) is 72.1 Å². The highest BCUT2D eigenvalue weighted by atomic mass is 16.6. The van der Waals surface area contributed by atoms with E-state index in [1.54, 1.807) is 0 Å². The van der Waals surface area contributed by atoms with Gasteiger partial charge in [-0.15, -0.1) is 0 Å². The van der Waals surface area contributed by atoms with Gasteiger partial charge < -0.3 is 9.47 Å². The third-order valence-corrected chi connectivity index (χ3v) is 2.88. The third kappa shape index (κ3) is 13.4. The number of hydrogen-bond donors (Lipinski definition) is 0. The Labute approximate surface area is 123 Å². The molecule has 0 saturated carbocycles. The van der Waals surface area contributed by atoms with Crippen molar-refractivity contribution in [1.29, 1.82) is 0 Å². The highest BCUT2D eigenvalue weighted by Crippen LogP contribution is 2.07. The highest BCUT2D eigenvalue weighted by molar-refractivity contribution is 5.91. The molecule has 0 N–H and O–H groups in total. The van der Waals surface area contributed by atoms with Crippen LogP contribution in [0.4, 0.5) is 0 Å². The number of carbonyl (C=O) groups is 2. The lowest BCUT2D eigenvalue weighted by atomic mass is 10.1. The summed E-state index contributed by atoms with van der Waals surface area (Å²) < 4.78 is 9.92. The zero-order valence-electron chi connectivity index (χ0n) is 13.3. The van der Waals surface area contributed by atoms with Crippen molar-refractivity contribution in [2.75, 3.05) is 13.2 Å². The molecule has 118 valence electrons. The summed E-state index contributed by atoms with van der Waals surface area (Å²) >= 11 is 0. The summed E-state index contributed by atoms with van der Waals surface area (Å²) in [5.74, 6) is -0.698. The number of esters is 2. The fourth-order valence-corrected chi connectivity index (χ4v) is 1.72. The van der Waals surface area contributed by atoms with Crippen molar-refractivity contribution < 1.29 is 19.1 Å². The molecule has 0 bridgehead atoms. The van der Waals surface area contributed by atoms with Gasteiger partial charge in [0.25, 0.3) is 0 Å². The number of rotatable bonds is 12. The summed E-state index contributed by atoms with van der Waals surface area (Å²) in [4.78, 5) is 22.6. The summed E-state index contributed by atoms with van der Waals surface area (Å²) in [5.41, 5.74) is 0. The van der Waals surface area contributed by atoms with Crippen LogP contribution in [0, 0.1) is 5.92 Å². The van der Waals surface area contributed by atoms with Crippen LogP contribution in [0.25, 0.3) is 0 Å². The number of carbonyl (C=O) groups excluding carboxylic acids is 2. The zero-order valence-corrected chi connectivity index (χ0v) is 13.3. The Bertz CT molecular complexity index is 261. The molecule has 0 unspecified atom stereocenters. The lowest BCUT2D eigenvalue weighted by Gasteiger charge is -2.07. The standard InChI is InChI=1S/C16H30O4/c1-4-5-6-7-8-9-10-11-19-15(17)12-16(18)20-13-14(2)3/h14H,4-13H2,1-3H3. The van der Waals surface area contributed by atoms with Crippen molar-refractivity contribution in [2.24, 2.45) is 5.92 Å². The maximum Gasteiger partial charge on any atom is 0.317 e. The normalized spacial score (nSPS) is 10.6. The summed E-state index contributed by atoms with van der Waals surface area (Å²) in [6, 6.07) is 0. The minimum Gasteiger partial charge on any atom is -0.465 e. The summed E-state index contributed by atoms with van der Waals surface area (Å²) in [7, 11) is 0. The van der Waals surface area contributed by atoms with E-state index in [9.17, 15) is 9.59 Å². The Morgan fingerprint density at radius 1 is 0.850 bits per heavy atom. The number of hydrogen-bond acceptors (Lipinski definition) is 4. The Kier molecular flexibility index (Phi) is 12.3. The van der Waals surface area contributed by atoms with Crippen molar-refractivity contribution in [3.63, 3.8) is 0 Å². The molecule has 20 heavy (non-hydrogen) atoms. The number of ether oxygens (including phenoxy) is 2. The molecule has 0 aromatic carbocycles. The quantitative estimate of drug-likeness (QED) is 0.310. The first-order valence-corrected chi connectivity index (χ1v) is 7.87. The first-order valence-electron chi connectivity index (χ1n) is 7.87. The second-order valence-electron chi connectivity index (χ2n) is 5.60. The molecule has 0 aromatic rings. The molecule has 0 heterocycles. The summed E-state index contributed by atoms with van der Waals surface area (Å²) in [6.45, 7) is 6.86. The molecule has 0 radical (unpaired) electrons. The SMILES string of the molecule is CCCCCCCCCOC(=O)CC(=O)OCC(C)C. The Morgan fingerprint density at radius 2 is 1.40 bits per heavy atom. The van der Waals surface area contributed by atoms with Gasteiger partial charge >= 0.3 is 11.9 Å². The van der Waals surface area contributed by atoms with Gasteiger partial charge in [0, 0.05) is 0 Å². The predicted octanol–water partition coefficient (Wildman–Crippen LogP) is 3.87. The van der Waals surface area contributed by atoms with Gasteiger partial charge in [-0.25, -0.2) is 0 Å². The van der Waals surface area contributed by atoms with Gasteiger partial charge in [0.15, 0.2) is 0 Å². The van der Waals surface area contributed by atoms with E-state index < -0.39 is 11.9 Å². The molecule has 0 amide bonds. The van der Waals surface area contributed by atoms with Gasteiger partial charge in [0.05, 0.1) is 13.2 Å². The van der Waals surface area contributed by atoms with E-state index in [2.05, 4.69) is 6.92 Å². The molecule has 0 aliphatic rings. The smallest absolute Gasteiger partial charge is 0.317 e. The molecule has 0 aliphatic carbocycles. The van der Waals surface area contributed by atoms with Crippen molar-refractivity contribution in [3.05, 3.63) is 0 Å². The summed E-state index contributed by atoms with van der Waals surface area (Å²) in [5, 5.41) is 0. The molecule has 0 aromatic heterocycles. The summed E-state index contributed by atoms with van der Waals surface area (Å²) in [6.07, 6.45) is 7.96. The molecule has 0 fully saturated rings. The molecule has 0 atom stereocenters. The second kappa shape index (κ2) is 12.9.